The molecular formula is C18H22N4O3. The van der Waals surface area contributed by atoms with E-state index in [2.05, 4.69) is 9.55 Å². The largest absolute Gasteiger partial charge is 0.467 e. The standard InChI is InChI=1S/C18H22N4O3/c23-17-9-14(10-22(17)12-16-4-2-8-25-16)18(24)20-6-1-3-15(11-20)21-7-5-19-13-21/h2,4-5,7-8,13-15H,1,3,6,9-12H2/t14-,15-/m0/s1. The lowest BCUT2D eigenvalue weighted by atomic mass is 10.0. The van der Waals surface area contributed by atoms with E-state index < -0.39 is 0 Å². The number of rotatable bonds is 4. The molecule has 4 rings (SSSR count). The fraction of sp³-hybridized carbons (Fsp3) is 0.500. The van der Waals surface area contributed by atoms with Crippen LogP contribution in [0.15, 0.2) is 41.5 Å². The van der Waals surface area contributed by atoms with E-state index in [1.54, 1.807) is 17.4 Å². The summed E-state index contributed by atoms with van der Waals surface area (Å²) in [7, 11) is 0. The average molecular weight is 342 g/mol. The monoisotopic (exact) mass is 342 g/mol. The number of piperidine rings is 1. The maximum Gasteiger partial charge on any atom is 0.228 e. The number of nitrogens with zero attached hydrogens (tertiary/aromatic N) is 4. The Morgan fingerprint density at radius 3 is 3.04 bits per heavy atom. The molecule has 2 saturated heterocycles. The summed E-state index contributed by atoms with van der Waals surface area (Å²) in [5.74, 6) is 0.627. The van der Waals surface area contributed by atoms with Crippen molar-refractivity contribution in [3.05, 3.63) is 42.9 Å². The van der Waals surface area contributed by atoms with Gasteiger partial charge in [0, 0.05) is 38.4 Å². The molecule has 2 amide bonds. The lowest BCUT2D eigenvalue weighted by molar-refractivity contribution is -0.137. The van der Waals surface area contributed by atoms with Crippen LogP contribution in [0.4, 0.5) is 0 Å². The fourth-order valence-electron chi connectivity index (χ4n) is 3.82. The van der Waals surface area contributed by atoms with Gasteiger partial charge in [0.1, 0.15) is 5.76 Å². The van der Waals surface area contributed by atoms with E-state index in [0.29, 0.717) is 26.1 Å². The van der Waals surface area contributed by atoms with Gasteiger partial charge in [-0.3, -0.25) is 9.59 Å². The quantitative estimate of drug-likeness (QED) is 0.848. The Bertz CT molecular complexity index is 726. The molecule has 0 spiro atoms. The van der Waals surface area contributed by atoms with E-state index in [-0.39, 0.29) is 23.8 Å². The normalized spacial score (nSPS) is 24.1. The number of imidazole rings is 1. The van der Waals surface area contributed by atoms with Crippen molar-refractivity contribution in [3.8, 4) is 0 Å². The van der Waals surface area contributed by atoms with Gasteiger partial charge < -0.3 is 18.8 Å². The number of aromatic nitrogens is 2. The van der Waals surface area contributed by atoms with E-state index >= 15 is 0 Å². The van der Waals surface area contributed by atoms with E-state index in [9.17, 15) is 9.59 Å². The molecule has 132 valence electrons. The van der Waals surface area contributed by atoms with E-state index in [0.717, 1.165) is 25.1 Å². The minimum atomic E-state index is -0.246. The zero-order chi connectivity index (χ0) is 17.2. The van der Waals surface area contributed by atoms with Crippen molar-refractivity contribution >= 4 is 11.8 Å². The zero-order valence-corrected chi connectivity index (χ0v) is 14.1. The van der Waals surface area contributed by atoms with Gasteiger partial charge in [0.2, 0.25) is 11.8 Å². The van der Waals surface area contributed by atoms with Crippen molar-refractivity contribution < 1.29 is 14.0 Å². The van der Waals surface area contributed by atoms with Crippen LogP contribution in [-0.4, -0.2) is 50.8 Å². The molecular weight excluding hydrogens is 320 g/mol. The Balaban J connectivity index is 1.38. The molecule has 0 N–H and O–H groups in total. The molecule has 0 radical (unpaired) electrons. The van der Waals surface area contributed by atoms with Gasteiger partial charge in [-0.05, 0) is 25.0 Å². The molecule has 0 bridgehead atoms. The minimum absolute atomic E-state index is 0.0259. The predicted octanol–water partition coefficient (Wildman–Crippen LogP) is 1.69. The molecule has 2 aliphatic rings. The van der Waals surface area contributed by atoms with Crippen LogP contribution in [0, 0.1) is 5.92 Å². The Labute approximate surface area is 146 Å². The van der Waals surface area contributed by atoms with Gasteiger partial charge in [0.15, 0.2) is 0 Å². The van der Waals surface area contributed by atoms with Gasteiger partial charge in [0.25, 0.3) is 0 Å². The number of hydrogen-bond donors (Lipinski definition) is 0. The van der Waals surface area contributed by atoms with Crippen molar-refractivity contribution in [1.29, 1.82) is 0 Å². The molecule has 0 aliphatic carbocycles. The highest BCUT2D eigenvalue weighted by Crippen LogP contribution is 2.26. The Kier molecular flexibility index (Phi) is 4.29. The van der Waals surface area contributed by atoms with Gasteiger partial charge >= 0.3 is 0 Å². The average Bonchev–Trinajstić information content (AvgIpc) is 3.38. The summed E-state index contributed by atoms with van der Waals surface area (Å²) in [6.45, 7) is 2.38. The highest BCUT2D eigenvalue weighted by Gasteiger charge is 2.38. The van der Waals surface area contributed by atoms with Crippen molar-refractivity contribution in [2.75, 3.05) is 19.6 Å². The van der Waals surface area contributed by atoms with Gasteiger partial charge in [0.05, 0.1) is 31.1 Å². The van der Waals surface area contributed by atoms with Crippen LogP contribution in [0.3, 0.4) is 0 Å². The molecule has 0 aromatic carbocycles. The van der Waals surface area contributed by atoms with Crippen LogP contribution in [0.25, 0.3) is 0 Å². The van der Waals surface area contributed by atoms with Crippen LogP contribution in [0.2, 0.25) is 0 Å². The van der Waals surface area contributed by atoms with Crippen molar-refractivity contribution in [3.63, 3.8) is 0 Å². The molecule has 0 unspecified atom stereocenters. The van der Waals surface area contributed by atoms with Gasteiger partial charge in [-0.1, -0.05) is 0 Å². The molecule has 2 fully saturated rings. The molecule has 4 heterocycles. The summed E-state index contributed by atoms with van der Waals surface area (Å²) < 4.78 is 7.39. The summed E-state index contributed by atoms with van der Waals surface area (Å²) in [6.07, 6.45) is 9.45. The second-order valence-corrected chi connectivity index (χ2v) is 6.84. The topological polar surface area (TPSA) is 71.6 Å². The van der Waals surface area contributed by atoms with Crippen molar-refractivity contribution in [2.24, 2.45) is 5.92 Å². The van der Waals surface area contributed by atoms with Gasteiger partial charge in [-0.15, -0.1) is 0 Å². The summed E-state index contributed by atoms with van der Waals surface area (Å²) in [6, 6.07) is 3.93. The number of hydrogen-bond acceptors (Lipinski definition) is 4. The third-order valence-electron chi connectivity index (χ3n) is 5.15. The Morgan fingerprint density at radius 1 is 1.36 bits per heavy atom. The lowest BCUT2D eigenvalue weighted by Gasteiger charge is -2.34. The number of carbonyl (C=O) groups excluding carboxylic acids is 2. The predicted molar refractivity (Wildman–Crippen MR) is 89.3 cm³/mol. The number of amides is 2. The molecule has 7 heteroatoms. The first kappa shape index (κ1) is 15.9. The van der Waals surface area contributed by atoms with Crippen LogP contribution >= 0.6 is 0 Å². The van der Waals surface area contributed by atoms with E-state index in [4.69, 9.17) is 4.42 Å². The first-order valence-corrected chi connectivity index (χ1v) is 8.77. The number of carbonyl (C=O) groups is 2. The third kappa shape index (κ3) is 3.31. The number of likely N-dealkylation sites (tertiary alicyclic amines) is 2. The fourth-order valence-corrected chi connectivity index (χ4v) is 3.82. The SMILES string of the molecule is O=C1C[C@H](C(=O)N2CCC[C@H](n3ccnc3)C2)CN1Cc1ccco1. The molecule has 7 nitrogen and oxygen atoms in total. The summed E-state index contributed by atoms with van der Waals surface area (Å²) in [4.78, 5) is 32.9. The van der Waals surface area contributed by atoms with Crippen LogP contribution in [0.1, 0.15) is 31.1 Å². The Hall–Kier alpha value is -2.57. The number of furan rings is 1. The highest BCUT2D eigenvalue weighted by molar-refractivity contribution is 5.89. The summed E-state index contributed by atoms with van der Waals surface area (Å²) >= 11 is 0. The van der Waals surface area contributed by atoms with E-state index in [1.165, 1.54) is 0 Å². The molecule has 25 heavy (non-hydrogen) atoms. The van der Waals surface area contributed by atoms with Gasteiger partial charge in [-0.25, -0.2) is 4.98 Å². The lowest BCUT2D eigenvalue weighted by Crippen LogP contribution is -2.44. The maximum atomic E-state index is 12.9. The van der Waals surface area contributed by atoms with Crippen molar-refractivity contribution in [1.82, 2.24) is 19.4 Å². The maximum absolute atomic E-state index is 12.9. The second-order valence-electron chi connectivity index (χ2n) is 6.84. The van der Waals surface area contributed by atoms with Gasteiger partial charge in [-0.2, -0.15) is 0 Å². The molecule has 2 aromatic heterocycles. The molecule has 2 aromatic rings. The first-order chi connectivity index (χ1) is 12.2. The first-order valence-electron chi connectivity index (χ1n) is 8.77. The highest BCUT2D eigenvalue weighted by atomic mass is 16.3. The molecule has 2 atom stereocenters. The minimum Gasteiger partial charge on any atom is -0.467 e. The van der Waals surface area contributed by atoms with E-state index in [1.807, 2.05) is 29.6 Å². The second kappa shape index (κ2) is 6.74. The molecule has 2 aliphatic heterocycles. The van der Waals surface area contributed by atoms with Crippen LogP contribution < -0.4 is 0 Å². The smallest absolute Gasteiger partial charge is 0.228 e. The molecule has 0 saturated carbocycles. The summed E-state index contributed by atoms with van der Waals surface area (Å²) in [5, 5.41) is 0. The Morgan fingerprint density at radius 2 is 2.28 bits per heavy atom. The van der Waals surface area contributed by atoms with Crippen LogP contribution in [-0.2, 0) is 16.1 Å². The summed E-state index contributed by atoms with van der Waals surface area (Å²) in [5.41, 5.74) is 0. The van der Waals surface area contributed by atoms with Crippen molar-refractivity contribution in [2.45, 2.75) is 31.8 Å². The van der Waals surface area contributed by atoms with Crippen LogP contribution in [0.5, 0.6) is 0 Å². The third-order valence-corrected chi connectivity index (χ3v) is 5.15. The zero-order valence-electron chi connectivity index (χ0n) is 14.1.